The van der Waals surface area contributed by atoms with E-state index in [1.165, 1.54) is 32.1 Å². The molecule has 0 saturated heterocycles. The topological polar surface area (TPSA) is 46.6 Å². The number of anilines is 1. The van der Waals surface area contributed by atoms with E-state index in [1.54, 1.807) is 11.3 Å². The van der Waals surface area contributed by atoms with Crippen molar-refractivity contribution < 1.29 is 4.42 Å². The molecule has 1 aliphatic rings. The van der Waals surface area contributed by atoms with Crippen molar-refractivity contribution in [3.8, 4) is 0 Å². The number of furan rings is 1. The normalized spacial score (nSPS) is 16.0. The van der Waals surface area contributed by atoms with E-state index in [4.69, 9.17) is 14.5 Å². The molecule has 0 radical (unpaired) electrons. The maximum Gasteiger partial charge on any atom is 0.207 e. The van der Waals surface area contributed by atoms with E-state index >= 15 is 0 Å². The van der Waals surface area contributed by atoms with Gasteiger partial charge in [0.2, 0.25) is 5.13 Å². The van der Waals surface area contributed by atoms with Gasteiger partial charge in [-0.15, -0.1) is 0 Å². The number of nitrogens with zero attached hydrogens (tertiary/aromatic N) is 4. The van der Waals surface area contributed by atoms with Crippen LogP contribution in [-0.2, 0) is 6.54 Å². The summed E-state index contributed by atoms with van der Waals surface area (Å²) in [7, 11) is 0. The second-order valence-corrected chi connectivity index (χ2v) is 10.4. The zero-order chi connectivity index (χ0) is 24.4. The fourth-order valence-corrected chi connectivity index (χ4v) is 6.57. The molecule has 1 atom stereocenters. The van der Waals surface area contributed by atoms with Crippen LogP contribution in [0.2, 0.25) is 0 Å². The van der Waals surface area contributed by atoms with Crippen LogP contribution in [0.15, 0.2) is 82.3 Å². The average molecular weight is 491 g/mol. The summed E-state index contributed by atoms with van der Waals surface area (Å²) in [4.78, 5) is 4.97. The number of hydrogen-bond acceptors (Lipinski definition) is 5. The number of thiazole rings is 1. The minimum absolute atomic E-state index is 0.0586. The second-order valence-electron chi connectivity index (χ2n) is 9.44. The van der Waals surface area contributed by atoms with Crippen LogP contribution in [0.3, 0.4) is 0 Å². The summed E-state index contributed by atoms with van der Waals surface area (Å²) >= 11 is 1.69. The molecule has 178 valence electrons. The van der Waals surface area contributed by atoms with Crippen molar-refractivity contribution in [2.24, 2.45) is 5.10 Å². The van der Waals surface area contributed by atoms with Crippen LogP contribution >= 0.6 is 11.3 Å². The van der Waals surface area contributed by atoms with Crippen molar-refractivity contribution in [2.75, 3.05) is 5.01 Å². The SMILES string of the molecule is CCn1c2ccccc2c2cc(C3CC(c4cc(C)oc4C)=NN3c3nc4ccccc4s3)ccc21. The Morgan fingerprint density at radius 2 is 1.75 bits per heavy atom. The van der Waals surface area contributed by atoms with Gasteiger partial charge >= 0.3 is 0 Å². The summed E-state index contributed by atoms with van der Waals surface area (Å²) in [6, 6.07) is 26.1. The first-order chi connectivity index (χ1) is 17.6. The van der Waals surface area contributed by atoms with Crippen molar-refractivity contribution in [1.82, 2.24) is 9.55 Å². The van der Waals surface area contributed by atoms with Crippen molar-refractivity contribution in [3.05, 3.63) is 95.4 Å². The van der Waals surface area contributed by atoms with Crippen LogP contribution in [-0.4, -0.2) is 15.3 Å². The third-order valence-corrected chi connectivity index (χ3v) is 8.26. The van der Waals surface area contributed by atoms with Crippen LogP contribution in [0.25, 0.3) is 32.0 Å². The number of aryl methyl sites for hydroxylation is 3. The Labute approximate surface area is 213 Å². The molecule has 6 heteroatoms. The predicted octanol–water partition coefficient (Wildman–Crippen LogP) is 7.99. The highest BCUT2D eigenvalue weighted by atomic mass is 32.1. The fraction of sp³-hybridized carbons (Fsp3) is 0.200. The molecule has 7 rings (SSSR count). The average Bonchev–Trinajstić information content (AvgIpc) is 3.65. The van der Waals surface area contributed by atoms with Crippen molar-refractivity contribution >= 4 is 54.2 Å². The summed E-state index contributed by atoms with van der Waals surface area (Å²) in [6.45, 7) is 7.16. The molecule has 3 aromatic carbocycles. The zero-order valence-corrected chi connectivity index (χ0v) is 21.3. The molecule has 0 amide bonds. The van der Waals surface area contributed by atoms with Gasteiger partial charge in [0.05, 0.1) is 22.0 Å². The molecule has 0 aliphatic carbocycles. The third-order valence-electron chi connectivity index (χ3n) is 7.24. The number of benzene rings is 3. The summed E-state index contributed by atoms with van der Waals surface area (Å²) in [6.07, 6.45) is 0.799. The molecule has 4 heterocycles. The molecule has 1 unspecified atom stereocenters. The number of para-hydroxylation sites is 2. The van der Waals surface area contributed by atoms with E-state index in [0.29, 0.717) is 0 Å². The molecule has 0 N–H and O–H groups in total. The first kappa shape index (κ1) is 21.4. The van der Waals surface area contributed by atoms with Gasteiger partial charge in [0.15, 0.2) is 0 Å². The molecule has 0 spiro atoms. The maximum atomic E-state index is 5.86. The number of hydrazone groups is 1. The minimum Gasteiger partial charge on any atom is -0.466 e. The van der Waals surface area contributed by atoms with E-state index in [9.17, 15) is 0 Å². The van der Waals surface area contributed by atoms with Crippen LogP contribution in [0.5, 0.6) is 0 Å². The predicted molar refractivity (Wildman–Crippen MR) is 149 cm³/mol. The Kier molecular flexibility index (Phi) is 4.79. The highest BCUT2D eigenvalue weighted by Crippen LogP contribution is 2.42. The zero-order valence-electron chi connectivity index (χ0n) is 20.5. The van der Waals surface area contributed by atoms with E-state index in [1.807, 2.05) is 19.9 Å². The molecule has 5 nitrogen and oxygen atoms in total. The summed E-state index contributed by atoms with van der Waals surface area (Å²) < 4.78 is 9.43. The number of fused-ring (bicyclic) bond motifs is 4. The van der Waals surface area contributed by atoms with Crippen LogP contribution in [0, 0.1) is 13.8 Å². The van der Waals surface area contributed by atoms with Crippen molar-refractivity contribution in [3.63, 3.8) is 0 Å². The standard InChI is InChI=1S/C30H26N4OS/c1-4-33-26-11-7-5-9-21(26)23-16-20(13-14-27(23)33)28-17-25(22-15-18(2)35-19(22)3)32-34(28)30-31-24-10-6-8-12-29(24)36-30/h5-16,28H,4,17H2,1-3H3. The van der Waals surface area contributed by atoms with Crippen LogP contribution in [0.4, 0.5) is 5.13 Å². The Bertz CT molecular complexity index is 1770. The Hall–Kier alpha value is -3.90. The molecule has 1 aliphatic heterocycles. The number of rotatable bonds is 4. The molecule has 36 heavy (non-hydrogen) atoms. The first-order valence-electron chi connectivity index (χ1n) is 12.4. The van der Waals surface area contributed by atoms with Gasteiger partial charge in [-0.05, 0) is 62.7 Å². The summed E-state index contributed by atoms with van der Waals surface area (Å²) in [5, 5.41) is 10.8. The van der Waals surface area contributed by atoms with Gasteiger partial charge < -0.3 is 8.98 Å². The van der Waals surface area contributed by atoms with Gasteiger partial charge in [-0.25, -0.2) is 9.99 Å². The second kappa shape index (κ2) is 8.07. The van der Waals surface area contributed by atoms with E-state index in [2.05, 4.69) is 83.2 Å². The van der Waals surface area contributed by atoms with Gasteiger partial charge in [0, 0.05) is 40.3 Å². The third kappa shape index (κ3) is 3.21. The smallest absolute Gasteiger partial charge is 0.207 e. The molecule has 0 saturated carbocycles. The maximum absolute atomic E-state index is 5.86. The highest BCUT2D eigenvalue weighted by molar-refractivity contribution is 7.22. The molecular formula is C30H26N4OS. The van der Waals surface area contributed by atoms with Gasteiger partial charge in [-0.2, -0.15) is 5.10 Å². The fourth-order valence-electron chi connectivity index (χ4n) is 5.60. The van der Waals surface area contributed by atoms with E-state index in [-0.39, 0.29) is 6.04 Å². The Morgan fingerprint density at radius 1 is 0.944 bits per heavy atom. The van der Waals surface area contributed by atoms with Crippen molar-refractivity contribution in [1.29, 1.82) is 0 Å². The molecular weight excluding hydrogens is 464 g/mol. The van der Waals surface area contributed by atoms with Gasteiger partial charge in [-0.1, -0.05) is 47.7 Å². The quantitative estimate of drug-likeness (QED) is 0.252. The molecule has 0 fully saturated rings. The minimum atomic E-state index is 0.0586. The van der Waals surface area contributed by atoms with Gasteiger partial charge in [-0.3, -0.25) is 0 Å². The molecule has 0 bridgehead atoms. The van der Waals surface area contributed by atoms with Crippen molar-refractivity contribution in [2.45, 2.75) is 39.8 Å². The largest absolute Gasteiger partial charge is 0.466 e. The van der Waals surface area contributed by atoms with Gasteiger partial charge in [0.1, 0.15) is 11.5 Å². The van der Waals surface area contributed by atoms with Crippen LogP contribution in [0.1, 0.15) is 42.0 Å². The summed E-state index contributed by atoms with van der Waals surface area (Å²) in [5.41, 5.74) is 6.95. The molecule has 3 aromatic heterocycles. The van der Waals surface area contributed by atoms with Crippen LogP contribution < -0.4 is 5.01 Å². The number of hydrogen-bond donors (Lipinski definition) is 0. The lowest BCUT2D eigenvalue weighted by Gasteiger charge is -2.21. The van der Waals surface area contributed by atoms with E-state index < -0.39 is 0 Å². The lowest BCUT2D eigenvalue weighted by Crippen LogP contribution is -2.18. The number of aromatic nitrogens is 2. The monoisotopic (exact) mass is 490 g/mol. The molecule has 6 aromatic rings. The lowest BCUT2D eigenvalue weighted by atomic mass is 9.97. The Balaban J connectivity index is 1.39. The first-order valence-corrected chi connectivity index (χ1v) is 13.2. The highest BCUT2D eigenvalue weighted by Gasteiger charge is 2.33. The lowest BCUT2D eigenvalue weighted by molar-refractivity contribution is 0.504. The van der Waals surface area contributed by atoms with Gasteiger partial charge in [0.25, 0.3) is 0 Å². The Morgan fingerprint density at radius 3 is 2.56 bits per heavy atom. The summed E-state index contributed by atoms with van der Waals surface area (Å²) in [5.74, 6) is 1.83. The van der Waals surface area contributed by atoms with E-state index in [0.717, 1.165) is 46.4 Å².